The van der Waals surface area contributed by atoms with Gasteiger partial charge in [0.1, 0.15) is 46.9 Å². The summed E-state index contributed by atoms with van der Waals surface area (Å²) in [6.07, 6.45) is -7.51. The lowest BCUT2D eigenvalue weighted by molar-refractivity contribution is -0.277. The molecule has 0 amide bonds. The summed E-state index contributed by atoms with van der Waals surface area (Å²) in [5, 5.41) is 40.0. The van der Waals surface area contributed by atoms with Crippen molar-refractivity contribution in [1.29, 1.82) is 0 Å². The smallest absolute Gasteiger partial charge is 0.229 e. The number of fused-ring (bicyclic) bond motifs is 1. The molecule has 2 heterocycles. The average molecular weight is 490 g/mol. The number of hydrogen-bond acceptors (Lipinski definition) is 11. The van der Waals surface area contributed by atoms with E-state index in [4.69, 9.17) is 28.1 Å². The Bertz CT molecular complexity index is 1230. The Morgan fingerprint density at radius 3 is 2.17 bits per heavy atom. The second-order valence-electron chi connectivity index (χ2n) is 7.83. The van der Waals surface area contributed by atoms with E-state index in [0.29, 0.717) is 11.3 Å². The van der Waals surface area contributed by atoms with Crippen molar-refractivity contribution in [3.8, 4) is 34.3 Å². The van der Waals surface area contributed by atoms with Gasteiger partial charge in [0.2, 0.25) is 12.0 Å². The van der Waals surface area contributed by atoms with Crippen molar-refractivity contribution in [2.24, 2.45) is 0 Å². The van der Waals surface area contributed by atoms with Gasteiger partial charge in [-0.05, 0) is 24.3 Å². The van der Waals surface area contributed by atoms with Crippen molar-refractivity contribution in [2.75, 3.05) is 27.9 Å². The molecule has 1 aliphatic rings. The van der Waals surface area contributed by atoms with Gasteiger partial charge in [-0.2, -0.15) is 0 Å². The van der Waals surface area contributed by atoms with Crippen LogP contribution in [0.15, 0.2) is 45.6 Å². The van der Waals surface area contributed by atoms with E-state index in [0.717, 1.165) is 0 Å². The normalized spacial score (nSPS) is 24.3. The molecule has 1 aliphatic heterocycles. The molecule has 4 rings (SSSR count). The molecule has 3 aromatic rings. The molecular formula is C24H26O11. The van der Waals surface area contributed by atoms with E-state index in [2.05, 4.69) is 0 Å². The van der Waals surface area contributed by atoms with Crippen LogP contribution in [0.3, 0.4) is 0 Å². The predicted octanol–water partition coefficient (Wildman–Crippen LogP) is 0.664. The van der Waals surface area contributed by atoms with Crippen LogP contribution in [0, 0.1) is 0 Å². The van der Waals surface area contributed by atoms with Gasteiger partial charge in [-0.3, -0.25) is 4.79 Å². The maximum Gasteiger partial charge on any atom is 0.229 e. The summed E-state index contributed by atoms with van der Waals surface area (Å²) in [5.41, 5.74) is 0.322. The molecule has 11 nitrogen and oxygen atoms in total. The summed E-state index contributed by atoms with van der Waals surface area (Å²) < 4.78 is 33.2. The summed E-state index contributed by atoms with van der Waals surface area (Å²) in [4.78, 5) is 13.0. The minimum Gasteiger partial charge on any atom is -0.497 e. The lowest BCUT2D eigenvalue weighted by Crippen LogP contribution is -2.60. The fraction of sp³-hybridized carbons (Fsp3) is 0.375. The van der Waals surface area contributed by atoms with Gasteiger partial charge in [0.25, 0.3) is 0 Å². The highest BCUT2D eigenvalue weighted by molar-refractivity contribution is 5.90. The van der Waals surface area contributed by atoms with Gasteiger partial charge >= 0.3 is 0 Å². The van der Waals surface area contributed by atoms with Crippen molar-refractivity contribution >= 4 is 11.0 Å². The van der Waals surface area contributed by atoms with Gasteiger partial charge in [-0.15, -0.1) is 0 Å². The van der Waals surface area contributed by atoms with Crippen LogP contribution in [0.4, 0.5) is 0 Å². The van der Waals surface area contributed by atoms with Crippen LogP contribution in [0.5, 0.6) is 23.0 Å². The van der Waals surface area contributed by atoms with Crippen molar-refractivity contribution in [1.82, 2.24) is 0 Å². The molecule has 0 unspecified atom stereocenters. The van der Waals surface area contributed by atoms with Gasteiger partial charge < -0.3 is 48.5 Å². The van der Waals surface area contributed by atoms with E-state index in [9.17, 15) is 25.2 Å². The Balaban J connectivity index is 1.81. The molecule has 1 fully saturated rings. The highest BCUT2D eigenvalue weighted by Crippen LogP contribution is 2.44. The number of methoxy groups -OCH3 is 3. The summed E-state index contributed by atoms with van der Waals surface area (Å²) >= 11 is 0. The van der Waals surface area contributed by atoms with Crippen LogP contribution in [0.1, 0.15) is 0 Å². The number of hydrogen-bond donors (Lipinski definition) is 4. The molecule has 0 aliphatic carbocycles. The third-order valence-corrected chi connectivity index (χ3v) is 5.77. The third-order valence-electron chi connectivity index (χ3n) is 5.77. The predicted molar refractivity (Wildman–Crippen MR) is 122 cm³/mol. The lowest BCUT2D eigenvalue weighted by atomic mass is 9.99. The first kappa shape index (κ1) is 24.8. The Kier molecular flexibility index (Phi) is 7.15. The van der Waals surface area contributed by atoms with Gasteiger partial charge in [-0.1, -0.05) is 0 Å². The molecule has 1 aromatic heterocycles. The standard InChI is InChI=1S/C24H26O11/c1-30-12-6-4-11(5-7-12)14-8-13(26)18-15(33-14)9-16(22(31-2)23(18)32-3)34-24-21(29)20(28)19(27)17(10-25)35-24/h4-9,17,19-21,24-25,27-29H,10H2,1-3H3/t17-,19-,20+,21-,24-/m1/s1. The number of benzene rings is 2. The zero-order valence-electron chi connectivity index (χ0n) is 19.2. The highest BCUT2D eigenvalue weighted by Gasteiger charge is 2.45. The topological polar surface area (TPSA) is 157 Å². The van der Waals surface area contributed by atoms with Gasteiger partial charge in [-0.25, -0.2) is 0 Å². The van der Waals surface area contributed by atoms with Crippen LogP contribution < -0.4 is 24.4 Å². The van der Waals surface area contributed by atoms with Crippen LogP contribution in [0.25, 0.3) is 22.3 Å². The Morgan fingerprint density at radius 1 is 0.886 bits per heavy atom. The van der Waals surface area contributed by atoms with Crippen molar-refractivity contribution < 1.29 is 48.5 Å². The Labute approximate surface area is 199 Å². The molecule has 0 saturated carbocycles. The highest BCUT2D eigenvalue weighted by atomic mass is 16.7. The summed E-state index contributed by atoms with van der Waals surface area (Å²) in [6, 6.07) is 9.60. The molecular weight excluding hydrogens is 464 g/mol. The molecule has 5 atom stereocenters. The number of ether oxygens (including phenoxy) is 5. The quantitative estimate of drug-likeness (QED) is 0.369. The molecule has 1 saturated heterocycles. The number of aliphatic hydroxyl groups excluding tert-OH is 4. The van der Waals surface area contributed by atoms with Gasteiger partial charge in [0.15, 0.2) is 16.9 Å². The molecule has 11 heteroatoms. The van der Waals surface area contributed by atoms with Crippen molar-refractivity contribution in [3.05, 3.63) is 46.6 Å². The summed E-state index contributed by atoms with van der Waals surface area (Å²) in [6.45, 7) is -0.622. The van der Waals surface area contributed by atoms with Crippen LogP contribution in [-0.4, -0.2) is 79.1 Å². The molecule has 188 valence electrons. The third kappa shape index (κ3) is 4.51. The second-order valence-corrected chi connectivity index (χ2v) is 7.83. The minimum atomic E-state index is -1.66. The molecule has 35 heavy (non-hydrogen) atoms. The summed E-state index contributed by atoms with van der Waals surface area (Å²) in [7, 11) is 4.21. The zero-order chi connectivity index (χ0) is 25.3. The van der Waals surface area contributed by atoms with E-state index < -0.39 is 42.7 Å². The lowest BCUT2D eigenvalue weighted by Gasteiger charge is -2.39. The first-order valence-corrected chi connectivity index (χ1v) is 10.7. The van der Waals surface area contributed by atoms with Crippen LogP contribution in [-0.2, 0) is 4.74 Å². The van der Waals surface area contributed by atoms with Gasteiger partial charge in [0.05, 0.1) is 27.9 Å². The Hall–Kier alpha value is -3.35. The maximum atomic E-state index is 13.0. The van der Waals surface area contributed by atoms with E-state index >= 15 is 0 Å². The van der Waals surface area contributed by atoms with E-state index in [1.54, 1.807) is 31.4 Å². The molecule has 4 N–H and O–H groups in total. The number of rotatable bonds is 7. The molecule has 0 spiro atoms. The fourth-order valence-corrected chi connectivity index (χ4v) is 3.91. The van der Waals surface area contributed by atoms with Gasteiger partial charge in [0, 0.05) is 17.7 Å². The molecule has 0 radical (unpaired) electrons. The van der Waals surface area contributed by atoms with E-state index in [-0.39, 0.29) is 34.0 Å². The first-order valence-electron chi connectivity index (χ1n) is 10.7. The number of aliphatic hydroxyl groups is 4. The van der Waals surface area contributed by atoms with E-state index in [1.165, 1.54) is 26.4 Å². The second kappa shape index (κ2) is 10.1. The van der Waals surface area contributed by atoms with Crippen molar-refractivity contribution in [3.63, 3.8) is 0 Å². The average Bonchev–Trinajstić information content (AvgIpc) is 2.87. The molecule has 0 bridgehead atoms. The fourth-order valence-electron chi connectivity index (χ4n) is 3.91. The SMILES string of the molecule is COc1ccc(-c2cc(=O)c3c(OC)c(OC)c(O[C@@H]4O[C@H](CO)[C@@H](O)[C@H](O)[C@H]4O)cc3o2)cc1. The largest absolute Gasteiger partial charge is 0.497 e. The summed E-state index contributed by atoms with van der Waals surface area (Å²) in [5.74, 6) is 0.923. The maximum absolute atomic E-state index is 13.0. The zero-order valence-corrected chi connectivity index (χ0v) is 19.2. The monoisotopic (exact) mass is 490 g/mol. The molecule has 2 aromatic carbocycles. The van der Waals surface area contributed by atoms with E-state index in [1.807, 2.05) is 0 Å². The van der Waals surface area contributed by atoms with Crippen molar-refractivity contribution in [2.45, 2.75) is 30.7 Å². The van der Waals surface area contributed by atoms with Crippen LogP contribution >= 0.6 is 0 Å². The van der Waals surface area contributed by atoms with Crippen LogP contribution in [0.2, 0.25) is 0 Å². The minimum absolute atomic E-state index is 0.0152. The first-order chi connectivity index (χ1) is 16.8. The Morgan fingerprint density at radius 2 is 1.57 bits per heavy atom.